The first-order chi connectivity index (χ1) is 8.87. The van der Waals surface area contributed by atoms with Crippen molar-refractivity contribution < 1.29 is 14.3 Å². The Labute approximate surface area is 121 Å². The molecule has 1 aliphatic heterocycles. The molecule has 0 saturated carbocycles. The van der Waals surface area contributed by atoms with Crippen molar-refractivity contribution in [3.8, 4) is 5.75 Å². The van der Waals surface area contributed by atoms with Gasteiger partial charge >= 0.3 is 5.97 Å². The van der Waals surface area contributed by atoms with Crippen molar-refractivity contribution in [3.05, 3.63) is 27.7 Å². The maximum absolute atomic E-state index is 12.3. The Morgan fingerprint density at radius 2 is 2.16 bits per heavy atom. The molecule has 4 nitrogen and oxygen atoms in total. The fourth-order valence-electron chi connectivity index (χ4n) is 1.88. The van der Waals surface area contributed by atoms with E-state index in [9.17, 15) is 4.79 Å². The Bertz CT molecular complexity index is 494. The van der Waals surface area contributed by atoms with Crippen LogP contribution < -0.4 is 10.1 Å². The third kappa shape index (κ3) is 3.70. The van der Waals surface area contributed by atoms with Gasteiger partial charge in [0, 0.05) is 23.1 Å². The van der Waals surface area contributed by atoms with Crippen LogP contribution in [-0.4, -0.2) is 24.7 Å². The third-order valence-electron chi connectivity index (χ3n) is 2.59. The number of hydrogen-bond acceptors (Lipinski definition) is 4. The summed E-state index contributed by atoms with van der Waals surface area (Å²) in [6.07, 6.45) is 0. The Hall–Kier alpha value is -1.07. The maximum atomic E-state index is 12.3. The fourth-order valence-corrected chi connectivity index (χ4v) is 2.39. The van der Waals surface area contributed by atoms with Crippen molar-refractivity contribution in [2.75, 3.05) is 13.2 Å². The number of benzene rings is 1. The van der Waals surface area contributed by atoms with Gasteiger partial charge in [-0.3, -0.25) is 0 Å². The Balaban J connectivity index is 2.39. The molecule has 2 rings (SSSR count). The Morgan fingerprint density at radius 1 is 1.42 bits per heavy atom. The van der Waals surface area contributed by atoms with Gasteiger partial charge in [-0.05, 0) is 32.9 Å². The lowest BCUT2D eigenvalue weighted by molar-refractivity contribution is 0.00657. The SMILES string of the molecule is CC(C)(C)OC(=O)c1cc(Br)cc2c1OCCNC2. The van der Waals surface area contributed by atoms with E-state index in [0.717, 1.165) is 16.6 Å². The Morgan fingerprint density at radius 3 is 2.84 bits per heavy atom. The summed E-state index contributed by atoms with van der Waals surface area (Å²) < 4.78 is 12.0. The highest BCUT2D eigenvalue weighted by molar-refractivity contribution is 9.10. The van der Waals surface area contributed by atoms with Gasteiger partial charge in [-0.2, -0.15) is 0 Å². The van der Waals surface area contributed by atoms with Gasteiger partial charge in [0.1, 0.15) is 23.5 Å². The molecule has 0 aliphatic carbocycles. The monoisotopic (exact) mass is 327 g/mol. The second-order valence-electron chi connectivity index (χ2n) is 5.47. The van der Waals surface area contributed by atoms with Gasteiger partial charge in [0.2, 0.25) is 0 Å². The van der Waals surface area contributed by atoms with Gasteiger partial charge in [-0.1, -0.05) is 15.9 Å². The van der Waals surface area contributed by atoms with Crippen LogP contribution in [0.1, 0.15) is 36.7 Å². The average Bonchev–Trinajstić information content (AvgIpc) is 2.50. The molecule has 0 atom stereocenters. The number of carbonyl (C=O) groups excluding carboxylic acids is 1. The van der Waals surface area contributed by atoms with E-state index in [1.807, 2.05) is 26.8 Å². The molecule has 0 radical (unpaired) electrons. The molecule has 0 bridgehead atoms. The van der Waals surface area contributed by atoms with E-state index in [-0.39, 0.29) is 5.97 Å². The molecule has 19 heavy (non-hydrogen) atoms. The zero-order valence-corrected chi connectivity index (χ0v) is 13.0. The van der Waals surface area contributed by atoms with Crippen molar-refractivity contribution in [2.24, 2.45) is 0 Å². The molecule has 0 amide bonds. The first-order valence-corrected chi connectivity index (χ1v) is 7.05. The summed E-state index contributed by atoms with van der Waals surface area (Å²) in [5, 5.41) is 3.25. The third-order valence-corrected chi connectivity index (χ3v) is 3.05. The largest absolute Gasteiger partial charge is 0.491 e. The summed E-state index contributed by atoms with van der Waals surface area (Å²) in [6.45, 7) is 7.55. The number of halogens is 1. The van der Waals surface area contributed by atoms with Crippen LogP contribution in [0.15, 0.2) is 16.6 Å². The van der Waals surface area contributed by atoms with Crippen LogP contribution in [0.3, 0.4) is 0 Å². The van der Waals surface area contributed by atoms with E-state index in [4.69, 9.17) is 9.47 Å². The molecule has 104 valence electrons. The molecule has 1 heterocycles. The smallest absolute Gasteiger partial charge is 0.342 e. The van der Waals surface area contributed by atoms with E-state index in [0.29, 0.717) is 24.5 Å². The first-order valence-electron chi connectivity index (χ1n) is 6.26. The van der Waals surface area contributed by atoms with E-state index in [1.54, 1.807) is 6.07 Å². The highest BCUT2D eigenvalue weighted by Crippen LogP contribution is 2.31. The molecule has 5 heteroatoms. The number of fused-ring (bicyclic) bond motifs is 1. The van der Waals surface area contributed by atoms with Gasteiger partial charge in [0.25, 0.3) is 0 Å². The lowest BCUT2D eigenvalue weighted by Gasteiger charge is -2.21. The molecule has 0 saturated heterocycles. The van der Waals surface area contributed by atoms with Crippen LogP contribution in [0.25, 0.3) is 0 Å². The quantitative estimate of drug-likeness (QED) is 0.806. The van der Waals surface area contributed by atoms with Crippen LogP contribution >= 0.6 is 15.9 Å². The number of ether oxygens (including phenoxy) is 2. The van der Waals surface area contributed by atoms with Gasteiger partial charge in [-0.25, -0.2) is 4.79 Å². The second-order valence-corrected chi connectivity index (χ2v) is 6.38. The number of rotatable bonds is 1. The zero-order chi connectivity index (χ0) is 14.0. The van der Waals surface area contributed by atoms with E-state index >= 15 is 0 Å². The van der Waals surface area contributed by atoms with Gasteiger partial charge < -0.3 is 14.8 Å². The van der Waals surface area contributed by atoms with Crippen molar-refractivity contribution in [1.29, 1.82) is 0 Å². The fraction of sp³-hybridized carbons (Fsp3) is 0.500. The minimum atomic E-state index is -0.519. The van der Waals surface area contributed by atoms with Crippen molar-refractivity contribution in [2.45, 2.75) is 32.9 Å². The summed E-state index contributed by atoms with van der Waals surface area (Å²) in [7, 11) is 0. The topological polar surface area (TPSA) is 47.6 Å². The molecule has 1 aromatic carbocycles. The predicted molar refractivity (Wildman–Crippen MR) is 76.5 cm³/mol. The second kappa shape index (κ2) is 5.51. The van der Waals surface area contributed by atoms with Crippen molar-refractivity contribution in [1.82, 2.24) is 5.32 Å². The zero-order valence-electron chi connectivity index (χ0n) is 11.4. The lowest BCUT2D eigenvalue weighted by Crippen LogP contribution is -2.24. The predicted octanol–water partition coefficient (Wildman–Crippen LogP) is 2.89. The van der Waals surface area contributed by atoms with Crippen LogP contribution in [-0.2, 0) is 11.3 Å². The standard InChI is InChI=1S/C14H18BrNO3/c1-14(2,3)19-13(17)11-7-10(15)6-9-8-16-4-5-18-12(9)11/h6-7,16H,4-5,8H2,1-3H3. The molecule has 1 N–H and O–H groups in total. The lowest BCUT2D eigenvalue weighted by atomic mass is 10.1. The van der Waals surface area contributed by atoms with E-state index in [1.165, 1.54) is 0 Å². The van der Waals surface area contributed by atoms with Crippen LogP contribution in [0.2, 0.25) is 0 Å². The van der Waals surface area contributed by atoms with Crippen LogP contribution in [0, 0.1) is 0 Å². The number of nitrogens with one attached hydrogen (secondary N) is 1. The molecular formula is C14H18BrNO3. The van der Waals surface area contributed by atoms with Gasteiger partial charge in [-0.15, -0.1) is 0 Å². The summed E-state index contributed by atoms with van der Waals surface area (Å²) in [6, 6.07) is 3.71. The normalized spacial score (nSPS) is 15.2. The van der Waals surface area contributed by atoms with Crippen molar-refractivity contribution in [3.63, 3.8) is 0 Å². The number of carbonyl (C=O) groups is 1. The molecule has 0 spiro atoms. The van der Waals surface area contributed by atoms with Gasteiger partial charge in [0.05, 0.1) is 0 Å². The average molecular weight is 328 g/mol. The minimum Gasteiger partial charge on any atom is -0.491 e. The molecule has 0 fully saturated rings. The summed E-state index contributed by atoms with van der Waals surface area (Å²) in [5.74, 6) is 0.273. The van der Waals surface area contributed by atoms with Gasteiger partial charge in [0.15, 0.2) is 0 Å². The maximum Gasteiger partial charge on any atom is 0.342 e. The highest BCUT2D eigenvalue weighted by atomic mass is 79.9. The minimum absolute atomic E-state index is 0.355. The molecule has 1 aliphatic rings. The summed E-state index contributed by atoms with van der Waals surface area (Å²) >= 11 is 3.42. The Kier molecular flexibility index (Phi) is 4.16. The number of hydrogen-bond donors (Lipinski definition) is 1. The molecule has 1 aromatic rings. The summed E-state index contributed by atoms with van der Waals surface area (Å²) in [4.78, 5) is 12.3. The molecule has 0 unspecified atom stereocenters. The molecular weight excluding hydrogens is 310 g/mol. The molecule has 0 aromatic heterocycles. The number of esters is 1. The van der Waals surface area contributed by atoms with Crippen molar-refractivity contribution >= 4 is 21.9 Å². The van der Waals surface area contributed by atoms with Crippen LogP contribution in [0.4, 0.5) is 0 Å². The summed E-state index contributed by atoms with van der Waals surface area (Å²) in [5.41, 5.74) is 0.922. The highest BCUT2D eigenvalue weighted by Gasteiger charge is 2.24. The van der Waals surface area contributed by atoms with E-state index in [2.05, 4.69) is 21.2 Å². The first kappa shape index (κ1) is 14.3. The van der Waals surface area contributed by atoms with Crippen LogP contribution in [0.5, 0.6) is 5.75 Å². The van der Waals surface area contributed by atoms with E-state index < -0.39 is 5.60 Å².